The summed E-state index contributed by atoms with van der Waals surface area (Å²) in [5.74, 6) is 1.81. The van der Waals surface area contributed by atoms with Crippen LogP contribution < -0.4 is 24.3 Å². The van der Waals surface area contributed by atoms with Crippen LogP contribution in [-0.2, 0) is 11.3 Å². The van der Waals surface area contributed by atoms with Crippen molar-refractivity contribution in [2.24, 2.45) is 0 Å². The highest BCUT2D eigenvalue weighted by molar-refractivity contribution is 14.1. The normalized spacial score (nSPS) is 10.6. The predicted octanol–water partition coefficient (Wildman–Crippen LogP) is 4.11. The SMILES string of the molecule is C=CCOc1c(I)cc(/C=C(\C#N)C(=O)NCc2ccc(OC)cc2OC)cc1OC. The number of hydrogen-bond donors (Lipinski definition) is 1. The van der Waals surface area contributed by atoms with Gasteiger partial charge in [0.2, 0.25) is 0 Å². The lowest BCUT2D eigenvalue weighted by atomic mass is 10.1. The standard InChI is InChI=1S/C23H23IN2O5/c1-5-8-31-22-19(24)10-15(11-21(22)30-4)9-17(13-25)23(27)26-14-16-6-7-18(28-2)12-20(16)29-3/h5-7,9-12H,1,8,14H2,2-4H3,(H,26,27)/b17-9+. The summed E-state index contributed by atoms with van der Waals surface area (Å²) < 4.78 is 22.3. The van der Waals surface area contributed by atoms with E-state index in [2.05, 4.69) is 34.5 Å². The highest BCUT2D eigenvalue weighted by Crippen LogP contribution is 2.34. The molecule has 0 heterocycles. The molecule has 0 saturated carbocycles. The molecule has 0 unspecified atom stereocenters. The second kappa shape index (κ2) is 11.9. The number of benzene rings is 2. The number of hydrogen-bond acceptors (Lipinski definition) is 6. The third-order valence-electron chi connectivity index (χ3n) is 4.21. The summed E-state index contributed by atoms with van der Waals surface area (Å²) in [5.41, 5.74) is 1.36. The van der Waals surface area contributed by atoms with E-state index < -0.39 is 5.91 Å². The van der Waals surface area contributed by atoms with Crippen LogP contribution in [0.1, 0.15) is 11.1 Å². The van der Waals surface area contributed by atoms with Gasteiger partial charge in [0.05, 0.1) is 24.9 Å². The molecule has 0 aliphatic carbocycles. The predicted molar refractivity (Wildman–Crippen MR) is 126 cm³/mol. The van der Waals surface area contributed by atoms with Crippen LogP contribution in [0.25, 0.3) is 6.08 Å². The van der Waals surface area contributed by atoms with Crippen LogP contribution in [0, 0.1) is 14.9 Å². The molecule has 2 aromatic rings. The van der Waals surface area contributed by atoms with E-state index in [1.54, 1.807) is 43.5 Å². The smallest absolute Gasteiger partial charge is 0.262 e. The van der Waals surface area contributed by atoms with Crippen molar-refractivity contribution in [3.8, 4) is 29.1 Å². The lowest BCUT2D eigenvalue weighted by Gasteiger charge is -2.13. The molecule has 7 nitrogen and oxygen atoms in total. The minimum absolute atomic E-state index is 0.0370. The Morgan fingerprint density at radius 2 is 1.90 bits per heavy atom. The van der Waals surface area contributed by atoms with Gasteiger partial charge in [-0.2, -0.15) is 5.26 Å². The van der Waals surface area contributed by atoms with Crippen LogP contribution in [0.2, 0.25) is 0 Å². The number of nitrogens with one attached hydrogen (secondary N) is 1. The van der Waals surface area contributed by atoms with E-state index >= 15 is 0 Å². The highest BCUT2D eigenvalue weighted by Gasteiger charge is 2.14. The van der Waals surface area contributed by atoms with E-state index in [4.69, 9.17) is 18.9 Å². The van der Waals surface area contributed by atoms with Gasteiger partial charge in [-0.05, 0) is 58.5 Å². The van der Waals surface area contributed by atoms with E-state index in [1.807, 2.05) is 6.07 Å². The zero-order chi connectivity index (χ0) is 22.8. The zero-order valence-electron chi connectivity index (χ0n) is 17.5. The summed E-state index contributed by atoms with van der Waals surface area (Å²) in [6.45, 7) is 4.16. The molecule has 0 fully saturated rings. The molecule has 2 rings (SSSR count). The Morgan fingerprint density at radius 3 is 2.52 bits per heavy atom. The number of amides is 1. The molecule has 0 radical (unpaired) electrons. The average molecular weight is 534 g/mol. The van der Waals surface area contributed by atoms with Crippen molar-refractivity contribution in [1.82, 2.24) is 5.32 Å². The first kappa shape index (κ1) is 24.1. The topological polar surface area (TPSA) is 89.8 Å². The van der Waals surface area contributed by atoms with E-state index in [9.17, 15) is 10.1 Å². The number of methoxy groups -OCH3 is 3. The van der Waals surface area contributed by atoms with Crippen molar-refractivity contribution in [2.45, 2.75) is 6.54 Å². The second-order valence-corrected chi connectivity index (χ2v) is 7.33. The molecule has 2 aromatic carbocycles. The van der Waals surface area contributed by atoms with Crippen molar-refractivity contribution in [1.29, 1.82) is 5.26 Å². The third-order valence-corrected chi connectivity index (χ3v) is 5.01. The van der Waals surface area contributed by atoms with Crippen molar-refractivity contribution >= 4 is 34.6 Å². The lowest BCUT2D eigenvalue weighted by molar-refractivity contribution is -0.117. The average Bonchev–Trinajstić information content (AvgIpc) is 2.79. The zero-order valence-corrected chi connectivity index (χ0v) is 19.7. The summed E-state index contributed by atoms with van der Waals surface area (Å²) in [7, 11) is 4.63. The quantitative estimate of drug-likeness (QED) is 0.214. The van der Waals surface area contributed by atoms with E-state index in [0.29, 0.717) is 35.2 Å². The molecule has 8 heteroatoms. The summed E-state index contributed by atoms with van der Waals surface area (Å²) in [4.78, 5) is 12.6. The van der Waals surface area contributed by atoms with Gasteiger partial charge in [0, 0.05) is 18.2 Å². The number of nitriles is 1. The Balaban J connectivity index is 2.22. The molecule has 0 aliphatic rings. The first-order chi connectivity index (χ1) is 15.0. The van der Waals surface area contributed by atoms with Crippen LogP contribution in [0.5, 0.6) is 23.0 Å². The first-order valence-electron chi connectivity index (χ1n) is 9.19. The fourth-order valence-corrected chi connectivity index (χ4v) is 3.47. The van der Waals surface area contributed by atoms with Gasteiger partial charge >= 0.3 is 0 Å². The van der Waals surface area contributed by atoms with Gasteiger partial charge in [-0.15, -0.1) is 0 Å². The van der Waals surface area contributed by atoms with Gasteiger partial charge in [-0.3, -0.25) is 4.79 Å². The van der Waals surface area contributed by atoms with Crippen molar-refractivity contribution in [3.63, 3.8) is 0 Å². The Bertz CT molecular complexity index is 1030. The third kappa shape index (κ3) is 6.39. The minimum Gasteiger partial charge on any atom is -0.497 e. The van der Waals surface area contributed by atoms with E-state index in [-0.39, 0.29) is 12.1 Å². The van der Waals surface area contributed by atoms with Gasteiger partial charge in [-0.1, -0.05) is 12.7 Å². The summed E-state index contributed by atoms with van der Waals surface area (Å²) >= 11 is 2.11. The Kier molecular flexibility index (Phi) is 9.21. The molecule has 0 atom stereocenters. The number of nitrogens with zero attached hydrogens (tertiary/aromatic N) is 1. The number of halogens is 1. The number of carbonyl (C=O) groups excluding carboxylic acids is 1. The van der Waals surface area contributed by atoms with Crippen molar-refractivity contribution < 1.29 is 23.7 Å². The van der Waals surface area contributed by atoms with Gasteiger partial charge < -0.3 is 24.3 Å². The van der Waals surface area contributed by atoms with Gasteiger partial charge in [-0.25, -0.2) is 0 Å². The van der Waals surface area contributed by atoms with Crippen LogP contribution in [0.3, 0.4) is 0 Å². The van der Waals surface area contributed by atoms with E-state index in [1.165, 1.54) is 20.3 Å². The first-order valence-corrected chi connectivity index (χ1v) is 10.3. The molecule has 1 N–H and O–H groups in total. The molecule has 0 saturated heterocycles. The summed E-state index contributed by atoms with van der Waals surface area (Å²) in [5, 5.41) is 12.2. The fraction of sp³-hybridized carbons (Fsp3) is 0.217. The number of carbonyl (C=O) groups is 1. The summed E-state index contributed by atoms with van der Waals surface area (Å²) in [6.07, 6.45) is 3.14. The molecule has 0 aliphatic heterocycles. The molecule has 0 spiro atoms. The van der Waals surface area contributed by atoms with Gasteiger partial charge in [0.25, 0.3) is 5.91 Å². The van der Waals surface area contributed by atoms with Crippen LogP contribution in [-0.4, -0.2) is 33.8 Å². The monoisotopic (exact) mass is 534 g/mol. The maximum atomic E-state index is 12.6. The maximum Gasteiger partial charge on any atom is 0.262 e. The highest BCUT2D eigenvalue weighted by atomic mass is 127. The molecular formula is C23H23IN2O5. The molecule has 0 aromatic heterocycles. The fourth-order valence-electron chi connectivity index (χ4n) is 2.69. The molecule has 1 amide bonds. The van der Waals surface area contributed by atoms with Crippen LogP contribution in [0.15, 0.2) is 48.6 Å². The second-order valence-electron chi connectivity index (χ2n) is 6.16. The van der Waals surface area contributed by atoms with Crippen LogP contribution >= 0.6 is 22.6 Å². The van der Waals surface area contributed by atoms with Gasteiger partial charge in [0.15, 0.2) is 11.5 Å². The van der Waals surface area contributed by atoms with Crippen LogP contribution in [0.4, 0.5) is 0 Å². The largest absolute Gasteiger partial charge is 0.497 e. The van der Waals surface area contributed by atoms with Crippen molar-refractivity contribution in [2.75, 3.05) is 27.9 Å². The van der Waals surface area contributed by atoms with Gasteiger partial charge in [0.1, 0.15) is 29.7 Å². The van der Waals surface area contributed by atoms with E-state index in [0.717, 1.165) is 9.13 Å². The maximum absolute atomic E-state index is 12.6. The number of rotatable bonds is 10. The lowest BCUT2D eigenvalue weighted by Crippen LogP contribution is -2.24. The van der Waals surface area contributed by atoms with Crippen molar-refractivity contribution in [3.05, 3.63) is 63.3 Å². The number of ether oxygens (including phenoxy) is 4. The minimum atomic E-state index is -0.499. The summed E-state index contributed by atoms with van der Waals surface area (Å²) in [6, 6.07) is 10.8. The Morgan fingerprint density at radius 1 is 1.16 bits per heavy atom. The Labute approximate surface area is 195 Å². The molecular weight excluding hydrogens is 511 g/mol. The molecule has 31 heavy (non-hydrogen) atoms. The Hall–Kier alpha value is -3.19. The molecule has 162 valence electrons. The molecule has 0 bridgehead atoms.